The van der Waals surface area contributed by atoms with Crippen molar-refractivity contribution in [3.05, 3.63) is 33.4 Å². The van der Waals surface area contributed by atoms with E-state index in [1.807, 2.05) is 12.1 Å². The van der Waals surface area contributed by atoms with Crippen molar-refractivity contribution < 1.29 is 9.50 Å². The first kappa shape index (κ1) is 16.2. The van der Waals surface area contributed by atoms with Gasteiger partial charge in [0, 0.05) is 0 Å². The molecule has 2 heterocycles. The van der Waals surface area contributed by atoms with Crippen molar-refractivity contribution >= 4 is 22.6 Å². The van der Waals surface area contributed by atoms with E-state index in [9.17, 15) is 9.50 Å². The van der Waals surface area contributed by atoms with Gasteiger partial charge in [0.15, 0.2) is 6.23 Å². The summed E-state index contributed by atoms with van der Waals surface area (Å²) in [6.07, 6.45) is 0.426. The summed E-state index contributed by atoms with van der Waals surface area (Å²) in [4.78, 5) is 0. The number of aliphatic hydroxyl groups excluding tert-OH is 1. The fourth-order valence-electron chi connectivity index (χ4n) is 1.75. The fourth-order valence-corrected chi connectivity index (χ4v) is 2.04. The van der Waals surface area contributed by atoms with Crippen LogP contribution in [-0.4, -0.2) is 43.5 Å². The van der Waals surface area contributed by atoms with Crippen LogP contribution in [0.25, 0.3) is 0 Å². The smallest absolute Gasteiger partial charge is 0.151 e. The molecule has 7 nitrogen and oxygen atoms in total. The van der Waals surface area contributed by atoms with Gasteiger partial charge in [0.1, 0.15) is 15.6 Å². The molecule has 9 heteroatoms. The topological polar surface area (TPSA) is 88.8 Å². The van der Waals surface area contributed by atoms with Crippen LogP contribution >= 0.6 is 22.6 Å². The van der Waals surface area contributed by atoms with Crippen molar-refractivity contribution in [1.29, 1.82) is 0 Å². The summed E-state index contributed by atoms with van der Waals surface area (Å²) in [5.74, 6) is 0. The summed E-state index contributed by atoms with van der Waals surface area (Å²) in [5, 5.41) is 27.6. The van der Waals surface area contributed by atoms with Gasteiger partial charge in [0.2, 0.25) is 0 Å². The molecule has 2 aromatic heterocycles. The monoisotopic (exact) mass is 406 g/mol. The van der Waals surface area contributed by atoms with Crippen LogP contribution in [0.2, 0.25) is 0 Å². The van der Waals surface area contributed by atoms with Crippen LogP contribution in [-0.2, 0) is 13.0 Å². The minimum Gasteiger partial charge on any atom is -0.373 e. The average Bonchev–Trinajstić information content (AvgIpc) is 2.94. The van der Waals surface area contributed by atoms with Crippen molar-refractivity contribution in [3.63, 3.8) is 0 Å². The van der Waals surface area contributed by atoms with E-state index in [1.165, 1.54) is 10.9 Å². The van der Waals surface area contributed by atoms with E-state index in [-0.39, 0.29) is 6.54 Å². The van der Waals surface area contributed by atoms with Crippen molar-refractivity contribution in [3.8, 4) is 0 Å². The molecule has 0 aromatic carbocycles. The molecule has 2 N–H and O–H groups in total. The van der Waals surface area contributed by atoms with E-state index >= 15 is 0 Å². The quantitative estimate of drug-likeness (QED) is 0.524. The van der Waals surface area contributed by atoms with Crippen molar-refractivity contribution in [1.82, 2.24) is 30.5 Å². The lowest BCUT2D eigenvalue weighted by atomic mass is 10.1. The number of aromatic nitrogens is 5. The van der Waals surface area contributed by atoms with Gasteiger partial charge in [-0.3, -0.25) is 5.32 Å². The summed E-state index contributed by atoms with van der Waals surface area (Å²) >= 11 is 2.07. The number of hydrogen-bond acceptors (Lipinski definition) is 6. The first-order valence-electron chi connectivity index (χ1n) is 6.46. The lowest BCUT2D eigenvalue weighted by Gasteiger charge is -2.07. The highest BCUT2D eigenvalue weighted by Crippen LogP contribution is 2.10. The van der Waals surface area contributed by atoms with Gasteiger partial charge >= 0.3 is 0 Å². The molecule has 0 bridgehead atoms. The molecular weight excluding hydrogens is 390 g/mol. The highest BCUT2D eigenvalue weighted by molar-refractivity contribution is 14.1. The maximum absolute atomic E-state index is 13.9. The Morgan fingerprint density at radius 3 is 2.86 bits per heavy atom. The number of aryl methyl sites for hydroxylation is 1. The second-order valence-corrected chi connectivity index (χ2v) is 5.65. The average molecular weight is 406 g/mol. The Morgan fingerprint density at radius 2 is 2.19 bits per heavy atom. The van der Waals surface area contributed by atoms with Crippen LogP contribution in [0, 0.1) is 3.70 Å². The highest BCUT2D eigenvalue weighted by atomic mass is 127. The van der Waals surface area contributed by atoms with Gasteiger partial charge in [-0.25, -0.2) is 9.07 Å². The Labute approximate surface area is 135 Å². The molecule has 0 saturated carbocycles. The van der Waals surface area contributed by atoms with Gasteiger partial charge in [0.05, 0.1) is 18.4 Å². The van der Waals surface area contributed by atoms with Gasteiger partial charge < -0.3 is 5.11 Å². The fraction of sp³-hybridized carbons (Fsp3) is 0.500. The molecule has 0 fully saturated rings. The number of nitrogens with one attached hydrogen (secondary N) is 1. The zero-order chi connectivity index (χ0) is 15.2. The van der Waals surface area contributed by atoms with Crippen molar-refractivity contribution in [2.24, 2.45) is 0 Å². The van der Waals surface area contributed by atoms with Crippen LogP contribution in [0.15, 0.2) is 18.3 Å². The second kappa shape index (κ2) is 7.71. The summed E-state index contributed by atoms with van der Waals surface area (Å²) in [6, 6.07) is 3.69. The van der Waals surface area contributed by atoms with Crippen LogP contribution in [0.3, 0.4) is 0 Å². The normalized spacial score (nSPS) is 14.1. The third-order valence-corrected chi connectivity index (χ3v) is 3.47. The Morgan fingerprint density at radius 1 is 1.38 bits per heavy atom. The van der Waals surface area contributed by atoms with E-state index in [2.05, 4.69) is 48.4 Å². The third kappa shape index (κ3) is 4.93. The van der Waals surface area contributed by atoms with Crippen LogP contribution in [0.1, 0.15) is 24.0 Å². The third-order valence-electron chi connectivity index (χ3n) is 2.90. The van der Waals surface area contributed by atoms with Gasteiger partial charge in [-0.2, -0.15) is 5.10 Å². The summed E-state index contributed by atoms with van der Waals surface area (Å²) in [6.45, 7) is 0.0984. The Kier molecular flexibility index (Phi) is 5.94. The first-order valence-corrected chi connectivity index (χ1v) is 7.54. The Bertz CT molecular complexity index is 563. The van der Waals surface area contributed by atoms with Crippen LogP contribution < -0.4 is 5.32 Å². The summed E-state index contributed by atoms with van der Waals surface area (Å²) in [7, 11) is 1.60. The van der Waals surface area contributed by atoms with Crippen molar-refractivity contribution in [2.45, 2.75) is 31.8 Å². The molecule has 0 spiro atoms. The van der Waals surface area contributed by atoms with Gasteiger partial charge in [0.25, 0.3) is 0 Å². The van der Waals surface area contributed by atoms with Crippen molar-refractivity contribution in [2.75, 3.05) is 7.05 Å². The lowest BCUT2D eigenvalue weighted by molar-refractivity contribution is 0.144. The molecule has 0 amide bonds. The molecule has 2 rings (SSSR count). The number of nitrogens with zero attached hydrogens (tertiary/aromatic N) is 5. The molecule has 0 aliphatic heterocycles. The Balaban J connectivity index is 1.82. The molecular formula is C12H16FIN6O. The number of alkyl halides is 1. The largest absolute Gasteiger partial charge is 0.373 e. The minimum atomic E-state index is -1.06. The predicted octanol–water partition coefficient (Wildman–Crippen LogP) is 0.854. The molecule has 114 valence electrons. The van der Waals surface area contributed by atoms with Gasteiger partial charge in [-0.05, 0) is 54.6 Å². The van der Waals surface area contributed by atoms with E-state index in [1.54, 1.807) is 7.05 Å². The van der Waals surface area contributed by atoms with E-state index in [0.29, 0.717) is 18.5 Å². The molecule has 21 heavy (non-hydrogen) atoms. The SMILES string of the molecule is CNC(O)c1cn(CC(F)CCc2ccc(I)nn2)nn1. The zero-order valence-corrected chi connectivity index (χ0v) is 13.6. The van der Waals surface area contributed by atoms with Gasteiger partial charge in [-0.15, -0.1) is 10.2 Å². The first-order chi connectivity index (χ1) is 10.1. The standard InChI is InChI=1S/C12H16FIN6O/c1-15-12(21)10-7-20(19-17-10)6-8(13)2-3-9-4-5-11(14)18-16-9/h4-5,7-8,12,15,21H,2-3,6H2,1H3. The van der Waals surface area contributed by atoms with E-state index in [4.69, 9.17) is 0 Å². The Hall–Kier alpha value is -1.20. The predicted molar refractivity (Wildman–Crippen MR) is 82.0 cm³/mol. The zero-order valence-electron chi connectivity index (χ0n) is 11.4. The number of rotatable bonds is 7. The van der Waals surface area contributed by atoms with Gasteiger partial charge in [-0.1, -0.05) is 5.21 Å². The molecule has 2 unspecified atom stereocenters. The van der Waals surface area contributed by atoms with Crippen LogP contribution in [0.4, 0.5) is 4.39 Å². The number of hydrogen-bond donors (Lipinski definition) is 2. The number of halogens is 2. The molecule has 0 aliphatic carbocycles. The molecule has 2 aromatic rings. The summed E-state index contributed by atoms with van der Waals surface area (Å²) < 4.78 is 16.1. The highest BCUT2D eigenvalue weighted by Gasteiger charge is 2.13. The molecule has 0 radical (unpaired) electrons. The lowest BCUT2D eigenvalue weighted by Crippen LogP contribution is -2.16. The summed E-state index contributed by atoms with van der Waals surface area (Å²) in [5.41, 5.74) is 1.14. The maximum Gasteiger partial charge on any atom is 0.151 e. The minimum absolute atomic E-state index is 0.0984. The molecule has 0 saturated heterocycles. The molecule has 2 atom stereocenters. The molecule has 0 aliphatic rings. The number of aliphatic hydroxyl groups is 1. The maximum atomic E-state index is 13.9. The van der Waals surface area contributed by atoms with E-state index in [0.717, 1.165) is 9.39 Å². The van der Waals surface area contributed by atoms with E-state index < -0.39 is 12.4 Å². The van der Waals surface area contributed by atoms with Crippen LogP contribution in [0.5, 0.6) is 0 Å². The second-order valence-electron chi connectivity index (χ2n) is 4.54.